The van der Waals surface area contributed by atoms with Crippen LogP contribution in [0, 0.1) is 0 Å². The van der Waals surface area contributed by atoms with Gasteiger partial charge in [0.05, 0.1) is 0 Å². The summed E-state index contributed by atoms with van der Waals surface area (Å²) < 4.78 is 6.54. The summed E-state index contributed by atoms with van der Waals surface area (Å²) in [5, 5.41) is 1.25. The molecule has 0 radical (unpaired) electrons. The highest BCUT2D eigenvalue weighted by Crippen LogP contribution is 2.41. The highest BCUT2D eigenvalue weighted by Gasteiger charge is 2.24. The Morgan fingerprint density at radius 2 is 1.24 bits per heavy atom. The van der Waals surface area contributed by atoms with Gasteiger partial charge >= 0.3 is 0 Å². The van der Waals surface area contributed by atoms with Crippen molar-refractivity contribution in [2.24, 2.45) is 0 Å². The van der Waals surface area contributed by atoms with Gasteiger partial charge in [0.25, 0.3) is 0 Å². The minimum Gasteiger partial charge on any atom is -0.469 e. The Bertz CT molecular complexity index is 945. The van der Waals surface area contributed by atoms with Crippen molar-refractivity contribution in [2.75, 3.05) is 6.66 Å². The summed E-state index contributed by atoms with van der Waals surface area (Å²) in [6.07, 6.45) is 0. The fourth-order valence-electron chi connectivity index (χ4n) is 3.36. The molecule has 0 aromatic heterocycles. The maximum atomic E-state index is 6.54. The molecule has 0 bridgehead atoms. The van der Waals surface area contributed by atoms with E-state index in [1.807, 2.05) is 0 Å². The summed E-state index contributed by atoms with van der Waals surface area (Å²) in [6.45, 7) is 15.7. The molecule has 0 spiro atoms. The second-order valence-electron chi connectivity index (χ2n) is 9.71. The monoisotopic (exact) mass is 404 g/mol. The predicted molar refractivity (Wildman–Crippen MR) is 129 cm³/mol. The first-order valence-electron chi connectivity index (χ1n) is 10.3. The second-order valence-corrected chi connectivity index (χ2v) is 11.4. The van der Waals surface area contributed by atoms with Gasteiger partial charge in [-0.15, -0.1) is 0 Å². The molecule has 0 amide bonds. The molecule has 1 nitrogen and oxygen atoms in total. The second kappa shape index (κ2) is 8.33. The molecule has 0 aliphatic rings. The highest BCUT2D eigenvalue weighted by molar-refractivity contribution is 7.60. The van der Waals surface area contributed by atoms with Gasteiger partial charge in [-0.2, -0.15) is 0 Å². The molecule has 152 valence electrons. The van der Waals surface area contributed by atoms with Gasteiger partial charge in [-0.3, -0.25) is 0 Å². The molecule has 0 aliphatic carbocycles. The Morgan fingerprint density at radius 1 is 0.655 bits per heavy atom. The Labute approximate surface area is 178 Å². The minimum absolute atomic E-state index is 0.0317. The van der Waals surface area contributed by atoms with Crippen molar-refractivity contribution in [3.63, 3.8) is 0 Å². The number of benzene rings is 3. The summed E-state index contributed by atoms with van der Waals surface area (Å²) in [6, 6.07) is 26.0. The summed E-state index contributed by atoms with van der Waals surface area (Å²) in [7, 11) is -0.734. The van der Waals surface area contributed by atoms with Crippen molar-refractivity contribution in [1.29, 1.82) is 0 Å². The Morgan fingerprint density at radius 3 is 1.79 bits per heavy atom. The van der Waals surface area contributed by atoms with Crippen LogP contribution in [0.1, 0.15) is 52.7 Å². The minimum atomic E-state index is -0.734. The van der Waals surface area contributed by atoms with Crippen molar-refractivity contribution in [1.82, 2.24) is 0 Å². The van der Waals surface area contributed by atoms with Crippen LogP contribution in [0.5, 0.6) is 5.75 Å². The average molecular weight is 405 g/mol. The third-order valence-electron chi connectivity index (χ3n) is 5.23. The largest absolute Gasteiger partial charge is 0.469 e. The van der Waals surface area contributed by atoms with E-state index in [1.54, 1.807) is 0 Å². The molecule has 0 fully saturated rings. The summed E-state index contributed by atoms with van der Waals surface area (Å²) in [4.78, 5) is 0. The van der Waals surface area contributed by atoms with Gasteiger partial charge in [-0.25, -0.2) is 0 Å². The van der Waals surface area contributed by atoms with Crippen LogP contribution in [0.15, 0.2) is 72.8 Å². The molecule has 0 aliphatic heterocycles. The zero-order valence-corrected chi connectivity index (χ0v) is 19.7. The molecule has 3 aromatic rings. The molecule has 29 heavy (non-hydrogen) atoms. The lowest BCUT2D eigenvalue weighted by atomic mass is 9.80. The zero-order chi connectivity index (χ0) is 21.2. The summed E-state index contributed by atoms with van der Waals surface area (Å²) in [5.74, 6) is 1.01. The third kappa shape index (κ3) is 5.28. The fourth-order valence-corrected chi connectivity index (χ4v) is 4.49. The molecule has 1 atom stereocenters. The molecule has 2 heteroatoms. The third-order valence-corrected chi connectivity index (χ3v) is 6.72. The Hall–Kier alpha value is -2.11. The Kier molecular flexibility index (Phi) is 6.20. The van der Waals surface area contributed by atoms with Crippen molar-refractivity contribution in [3.8, 4) is 16.9 Å². The van der Waals surface area contributed by atoms with E-state index < -0.39 is 8.15 Å². The predicted octanol–water partition coefficient (Wildman–Crippen LogP) is 7.68. The van der Waals surface area contributed by atoms with Crippen LogP contribution in [0.25, 0.3) is 11.1 Å². The van der Waals surface area contributed by atoms with Gasteiger partial charge in [0.1, 0.15) is 13.9 Å². The van der Waals surface area contributed by atoms with Crippen LogP contribution in [0.2, 0.25) is 0 Å². The molecule has 0 heterocycles. The Balaban J connectivity index is 1.86. The first-order valence-corrected chi connectivity index (χ1v) is 12.0. The lowest BCUT2D eigenvalue weighted by Gasteiger charge is -2.28. The van der Waals surface area contributed by atoms with E-state index in [-0.39, 0.29) is 10.8 Å². The van der Waals surface area contributed by atoms with E-state index in [9.17, 15) is 0 Å². The number of rotatable bonds is 4. The van der Waals surface area contributed by atoms with Gasteiger partial charge < -0.3 is 4.52 Å². The van der Waals surface area contributed by atoms with Crippen molar-refractivity contribution in [3.05, 3.63) is 83.9 Å². The van der Waals surface area contributed by atoms with Crippen LogP contribution in [-0.2, 0) is 10.8 Å². The SMILES string of the molecule is CP(Oc1ccc(C(C)(C)C)cc1C(C)(C)C)c1ccc(-c2ccccc2)cc1. The lowest BCUT2D eigenvalue weighted by molar-refractivity contribution is 0.531. The van der Waals surface area contributed by atoms with Crippen LogP contribution in [0.3, 0.4) is 0 Å². The molecule has 1 unspecified atom stereocenters. The van der Waals surface area contributed by atoms with Crippen molar-refractivity contribution in [2.45, 2.75) is 52.4 Å². The van der Waals surface area contributed by atoms with Crippen LogP contribution >= 0.6 is 8.15 Å². The van der Waals surface area contributed by atoms with Crippen LogP contribution in [-0.4, -0.2) is 6.66 Å². The van der Waals surface area contributed by atoms with E-state index in [4.69, 9.17) is 4.52 Å². The first kappa shape index (κ1) is 21.6. The maximum Gasteiger partial charge on any atom is 0.127 e. The molecule has 0 saturated carbocycles. The topological polar surface area (TPSA) is 9.23 Å². The summed E-state index contributed by atoms with van der Waals surface area (Å²) >= 11 is 0. The first-order chi connectivity index (χ1) is 13.6. The molecular weight excluding hydrogens is 371 g/mol. The quantitative estimate of drug-likeness (QED) is 0.405. The van der Waals surface area contributed by atoms with Crippen molar-refractivity contribution < 1.29 is 4.52 Å². The average Bonchev–Trinajstić information content (AvgIpc) is 2.67. The maximum absolute atomic E-state index is 6.54. The summed E-state index contributed by atoms with van der Waals surface area (Å²) in [5.41, 5.74) is 5.27. The fraction of sp³-hybridized carbons (Fsp3) is 0.333. The van der Waals surface area contributed by atoms with Crippen LogP contribution in [0.4, 0.5) is 0 Å². The van der Waals surface area contributed by atoms with Crippen LogP contribution < -0.4 is 9.83 Å². The molecule has 0 saturated heterocycles. The highest BCUT2D eigenvalue weighted by atomic mass is 31.1. The smallest absolute Gasteiger partial charge is 0.127 e. The van der Waals surface area contributed by atoms with Gasteiger partial charge in [0.15, 0.2) is 0 Å². The molecule has 3 rings (SSSR count). The molecular formula is C27H33OP. The van der Waals surface area contributed by atoms with E-state index in [0.29, 0.717) is 0 Å². The van der Waals surface area contributed by atoms with E-state index >= 15 is 0 Å². The van der Waals surface area contributed by atoms with E-state index in [0.717, 1.165) is 5.75 Å². The van der Waals surface area contributed by atoms with Gasteiger partial charge in [-0.05, 0) is 40.3 Å². The standard InChI is InChI=1S/C27H33OP/c1-26(2,3)22-15-18-25(24(19-22)27(4,5)6)28-29(7)23-16-13-21(14-17-23)20-11-9-8-10-12-20/h8-19H,1-7H3. The normalized spacial score (nSPS) is 13.2. The zero-order valence-electron chi connectivity index (χ0n) is 18.8. The van der Waals surface area contributed by atoms with Gasteiger partial charge in [0, 0.05) is 10.9 Å². The number of hydrogen-bond acceptors (Lipinski definition) is 1. The van der Waals surface area contributed by atoms with Gasteiger partial charge in [-0.1, -0.05) is 108 Å². The van der Waals surface area contributed by atoms with E-state index in [1.165, 1.54) is 27.6 Å². The molecule has 3 aromatic carbocycles. The van der Waals surface area contributed by atoms with Gasteiger partial charge in [0.2, 0.25) is 0 Å². The lowest BCUT2D eigenvalue weighted by Crippen LogP contribution is -2.17. The van der Waals surface area contributed by atoms with Crippen molar-refractivity contribution >= 4 is 13.5 Å². The number of hydrogen-bond donors (Lipinski definition) is 0. The molecule has 0 N–H and O–H groups in total. The van der Waals surface area contributed by atoms with E-state index in [2.05, 4.69) is 121 Å².